The molecule has 1 heterocycles. The van der Waals surface area contributed by atoms with Gasteiger partial charge in [-0.3, -0.25) is 9.89 Å². The first-order valence-corrected chi connectivity index (χ1v) is 12.2. The number of benzene rings is 2. The van der Waals surface area contributed by atoms with E-state index in [4.69, 9.17) is 0 Å². The molecule has 0 saturated heterocycles. The highest BCUT2D eigenvalue weighted by Gasteiger charge is 2.29. The largest absolute Gasteiger partial charge is 0.507 e. The van der Waals surface area contributed by atoms with Crippen molar-refractivity contribution in [2.75, 3.05) is 0 Å². The molecule has 0 aliphatic rings. The average molecular weight is 473 g/mol. The van der Waals surface area contributed by atoms with Gasteiger partial charge in [0.2, 0.25) is 5.91 Å². The number of amides is 1. The first kappa shape index (κ1) is 24.2. The molecule has 0 atom stereocenters. The Morgan fingerprint density at radius 2 is 1.91 bits per heavy atom. The van der Waals surface area contributed by atoms with E-state index in [2.05, 4.69) is 15.2 Å². The molecule has 33 heavy (non-hydrogen) atoms. The number of sulfonamides is 1. The molecule has 3 aromatic rings. The molecule has 3 rings (SSSR count). The summed E-state index contributed by atoms with van der Waals surface area (Å²) in [5, 5.41) is 28.2. The number of aromatic nitrogens is 3. The SMILES string of the molecule is CCCCCc1cc(O)c(-c2cccc(C)c2)c(O)c1S(=O)(=O)NC(=O)Cc1n[nH]c(C)n1. The molecule has 0 aliphatic carbocycles. The molecule has 2 aromatic carbocycles. The van der Waals surface area contributed by atoms with Crippen molar-refractivity contribution in [3.63, 3.8) is 0 Å². The van der Waals surface area contributed by atoms with Crippen LogP contribution in [0.4, 0.5) is 0 Å². The monoisotopic (exact) mass is 472 g/mol. The van der Waals surface area contributed by atoms with Gasteiger partial charge in [-0.25, -0.2) is 18.1 Å². The summed E-state index contributed by atoms with van der Waals surface area (Å²) >= 11 is 0. The standard InChI is InChI=1S/C23H28N4O5S/c1-4-5-6-9-17-12-18(28)21(16-10-7-8-14(2)11-16)22(30)23(17)33(31,32)27-20(29)13-19-24-15(3)25-26-19/h7-8,10-12,28,30H,4-6,9,13H2,1-3H3,(H,27,29)(H,24,25,26). The Hall–Kier alpha value is -3.40. The number of nitrogens with one attached hydrogen (secondary N) is 2. The number of rotatable bonds is 9. The third-order valence-electron chi connectivity index (χ3n) is 5.15. The van der Waals surface area contributed by atoms with Crippen LogP contribution in [0.25, 0.3) is 11.1 Å². The number of carbonyl (C=O) groups is 1. The van der Waals surface area contributed by atoms with Crippen LogP contribution >= 0.6 is 0 Å². The van der Waals surface area contributed by atoms with Crippen LogP contribution in [-0.4, -0.2) is 39.7 Å². The number of aryl methyl sites for hydroxylation is 3. The van der Waals surface area contributed by atoms with Crippen molar-refractivity contribution in [2.24, 2.45) is 0 Å². The lowest BCUT2D eigenvalue weighted by atomic mass is 9.97. The van der Waals surface area contributed by atoms with E-state index < -0.39 is 26.6 Å². The number of nitrogens with zero attached hydrogens (tertiary/aromatic N) is 2. The van der Waals surface area contributed by atoms with Crippen molar-refractivity contribution in [3.8, 4) is 22.6 Å². The number of phenols is 2. The van der Waals surface area contributed by atoms with Crippen LogP contribution in [0.2, 0.25) is 0 Å². The summed E-state index contributed by atoms with van der Waals surface area (Å²) in [5.74, 6) is -1.01. The van der Waals surface area contributed by atoms with Crippen molar-refractivity contribution in [3.05, 3.63) is 53.1 Å². The van der Waals surface area contributed by atoms with E-state index in [9.17, 15) is 23.4 Å². The fourth-order valence-corrected chi connectivity index (χ4v) is 5.01. The second-order valence-corrected chi connectivity index (χ2v) is 9.60. The molecule has 1 aromatic heterocycles. The predicted molar refractivity (Wildman–Crippen MR) is 123 cm³/mol. The lowest BCUT2D eigenvalue weighted by Gasteiger charge is -2.18. The van der Waals surface area contributed by atoms with Crippen molar-refractivity contribution in [1.82, 2.24) is 19.9 Å². The molecule has 176 valence electrons. The zero-order valence-corrected chi connectivity index (χ0v) is 19.7. The number of carbonyl (C=O) groups excluding carboxylic acids is 1. The van der Waals surface area contributed by atoms with Crippen molar-refractivity contribution in [1.29, 1.82) is 0 Å². The van der Waals surface area contributed by atoms with Crippen LogP contribution < -0.4 is 4.72 Å². The highest BCUT2D eigenvalue weighted by molar-refractivity contribution is 7.90. The highest BCUT2D eigenvalue weighted by atomic mass is 32.2. The van der Waals surface area contributed by atoms with Gasteiger partial charge in [0.05, 0.1) is 12.0 Å². The molecule has 9 nitrogen and oxygen atoms in total. The van der Waals surface area contributed by atoms with Crippen molar-refractivity contribution in [2.45, 2.75) is 57.8 Å². The van der Waals surface area contributed by atoms with Gasteiger partial charge in [0.25, 0.3) is 10.0 Å². The quantitative estimate of drug-likeness (QED) is 0.350. The van der Waals surface area contributed by atoms with Gasteiger partial charge in [0.1, 0.15) is 22.2 Å². The summed E-state index contributed by atoms with van der Waals surface area (Å²) in [6.45, 7) is 5.52. The number of unbranched alkanes of at least 4 members (excludes halogenated alkanes) is 2. The second kappa shape index (κ2) is 10.0. The second-order valence-electron chi connectivity index (χ2n) is 7.98. The van der Waals surface area contributed by atoms with Crippen LogP contribution in [0.15, 0.2) is 35.2 Å². The molecular weight excluding hydrogens is 444 g/mol. The van der Waals surface area contributed by atoms with E-state index in [0.717, 1.165) is 18.4 Å². The lowest BCUT2D eigenvalue weighted by Crippen LogP contribution is -2.32. The van der Waals surface area contributed by atoms with E-state index in [1.54, 1.807) is 25.1 Å². The third kappa shape index (κ3) is 5.70. The highest BCUT2D eigenvalue weighted by Crippen LogP contribution is 2.44. The van der Waals surface area contributed by atoms with Gasteiger partial charge in [-0.05, 0) is 43.9 Å². The maximum absolute atomic E-state index is 13.3. The molecule has 1 amide bonds. The van der Waals surface area contributed by atoms with E-state index in [1.807, 2.05) is 24.6 Å². The fraction of sp³-hybridized carbons (Fsp3) is 0.348. The topological polar surface area (TPSA) is 145 Å². The fourth-order valence-electron chi connectivity index (χ4n) is 3.67. The Morgan fingerprint density at radius 1 is 1.15 bits per heavy atom. The lowest BCUT2D eigenvalue weighted by molar-refractivity contribution is -0.118. The summed E-state index contributed by atoms with van der Waals surface area (Å²) in [6, 6.07) is 8.34. The van der Waals surface area contributed by atoms with Crippen LogP contribution in [0.3, 0.4) is 0 Å². The minimum atomic E-state index is -4.46. The van der Waals surface area contributed by atoms with E-state index >= 15 is 0 Å². The summed E-state index contributed by atoms with van der Waals surface area (Å²) in [7, 11) is -4.46. The number of hydrogen-bond acceptors (Lipinski definition) is 7. The molecule has 4 N–H and O–H groups in total. The summed E-state index contributed by atoms with van der Waals surface area (Å²) in [4.78, 5) is 16.0. The third-order valence-corrected chi connectivity index (χ3v) is 6.64. The number of phenolic OH excluding ortho intramolecular Hbond substituents is 2. The number of aromatic amines is 1. The molecule has 0 spiro atoms. The summed E-state index contributed by atoms with van der Waals surface area (Å²) in [5.41, 5.74) is 1.57. The Balaban J connectivity index is 2.05. The van der Waals surface area contributed by atoms with Gasteiger partial charge in [-0.15, -0.1) is 0 Å². The van der Waals surface area contributed by atoms with Gasteiger partial charge < -0.3 is 10.2 Å². The van der Waals surface area contributed by atoms with Crippen molar-refractivity contribution < 1.29 is 23.4 Å². The normalized spacial score (nSPS) is 11.5. The average Bonchev–Trinajstić information content (AvgIpc) is 3.11. The van der Waals surface area contributed by atoms with Gasteiger partial charge in [0.15, 0.2) is 5.82 Å². The zero-order chi connectivity index (χ0) is 24.2. The number of H-pyrrole nitrogens is 1. The minimum absolute atomic E-state index is 0.00430. The minimum Gasteiger partial charge on any atom is -0.507 e. The Kier molecular flexibility index (Phi) is 7.37. The van der Waals surface area contributed by atoms with Gasteiger partial charge in [-0.1, -0.05) is 49.6 Å². The smallest absolute Gasteiger partial charge is 0.268 e. The molecule has 0 bridgehead atoms. The first-order valence-electron chi connectivity index (χ1n) is 10.7. The first-order chi connectivity index (χ1) is 15.6. The molecule has 10 heteroatoms. The van der Waals surface area contributed by atoms with Gasteiger partial charge >= 0.3 is 0 Å². The molecule has 0 radical (unpaired) electrons. The zero-order valence-electron chi connectivity index (χ0n) is 18.8. The van der Waals surface area contributed by atoms with Gasteiger partial charge in [-0.2, -0.15) is 5.10 Å². The molecule has 0 saturated carbocycles. The maximum atomic E-state index is 13.3. The van der Waals surface area contributed by atoms with Gasteiger partial charge in [0, 0.05) is 0 Å². The summed E-state index contributed by atoms with van der Waals surface area (Å²) < 4.78 is 28.5. The maximum Gasteiger partial charge on any atom is 0.268 e. The van der Waals surface area contributed by atoms with E-state index in [-0.39, 0.29) is 29.1 Å². The number of hydrogen-bond donors (Lipinski definition) is 4. The summed E-state index contributed by atoms with van der Waals surface area (Å²) in [6.07, 6.45) is 2.38. The van der Waals surface area contributed by atoms with Crippen LogP contribution in [-0.2, 0) is 27.7 Å². The van der Waals surface area contributed by atoms with Crippen LogP contribution in [0.1, 0.15) is 49.0 Å². The Bertz CT molecular complexity index is 1270. The predicted octanol–water partition coefficient (Wildman–Crippen LogP) is 3.28. The molecular formula is C23H28N4O5S. The molecule has 0 unspecified atom stereocenters. The Morgan fingerprint density at radius 3 is 2.55 bits per heavy atom. The molecule has 0 aliphatic heterocycles. The van der Waals surface area contributed by atoms with Crippen LogP contribution in [0.5, 0.6) is 11.5 Å². The number of aromatic hydroxyl groups is 2. The molecule has 0 fully saturated rings. The van der Waals surface area contributed by atoms with E-state index in [1.165, 1.54) is 6.07 Å². The van der Waals surface area contributed by atoms with Crippen LogP contribution in [0, 0.1) is 13.8 Å². The van der Waals surface area contributed by atoms with Crippen molar-refractivity contribution >= 4 is 15.9 Å². The Labute approximate surface area is 193 Å². The van der Waals surface area contributed by atoms with E-state index in [0.29, 0.717) is 24.2 Å².